The summed E-state index contributed by atoms with van der Waals surface area (Å²) >= 11 is 1.45. The number of nitrogens with zero attached hydrogens (tertiary/aromatic N) is 2. The van der Waals surface area contributed by atoms with Crippen LogP contribution in [0.15, 0.2) is 35.7 Å². The molecular formula is C14H16FN3OS. The molecule has 106 valence electrons. The molecule has 0 saturated carbocycles. The van der Waals surface area contributed by atoms with Crippen LogP contribution < -0.4 is 10.5 Å². The van der Waals surface area contributed by atoms with Crippen molar-refractivity contribution < 1.29 is 9.13 Å². The van der Waals surface area contributed by atoms with Crippen LogP contribution in [0.1, 0.15) is 17.2 Å². The van der Waals surface area contributed by atoms with Gasteiger partial charge in [-0.3, -0.25) is 0 Å². The van der Waals surface area contributed by atoms with Gasteiger partial charge < -0.3 is 10.5 Å². The SMILES string of the molecule is COc1ccc(C(N)CSc2ncc(C)cn2)cc1F. The summed E-state index contributed by atoms with van der Waals surface area (Å²) < 4.78 is 18.5. The number of aromatic nitrogens is 2. The highest BCUT2D eigenvalue weighted by molar-refractivity contribution is 7.99. The number of halogens is 1. The second-order valence-corrected chi connectivity index (χ2v) is 5.34. The molecule has 2 N–H and O–H groups in total. The van der Waals surface area contributed by atoms with E-state index in [2.05, 4.69) is 9.97 Å². The fourth-order valence-electron chi connectivity index (χ4n) is 1.63. The topological polar surface area (TPSA) is 61.0 Å². The highest BCUT2D eigenvalue weighted by atomic mass is 32.2. The van der Waals surface area contributed by atoms with E-state index in [0.29, 0.717) is 10.9 Å². The molecule has 0 radical (unpaired) electrons. The molecule has 6 heteroatoms. The van der Waals surface area contributed by atoms with E-state index in [1.54, 1.807) is 24.5 Å². The van der Waals surface area contributed by atoms with Crippen molar-refractivity contribution in [2.45, 2.75) is 18.1 Å². The van der Waals surface area contributed by atoms with Gasteiger partial charge in [0.1, 0.15) is 0 Å². The Morgan fingerprint density at radius 1 is 1.35 bits per heavy atom. The molecule has 0 spiro atoms. The van der Waals surface area contributed by atoms with E-state index in [1.807, 2.05) is 6.92 Å². The molecule has 0 saturated heterocycles. The molecule has 4 nitrogen and oxygen atoms in total. The van der Waals surface area contributed by atoms with Crippen LogP contribution in [-0.2, 0) is 0 Å². The van der Waals surface area contributed by atoms with Crippen molar-refractivity contribution in [2.75, 3.05) is 12.9 Å². The average molecular weight is 293 g/mol. The average Bonchev–Trinajstić information content (AvgIpc) is 2.46. The van der Waals surface area contributed by atoms with Gasteiger partial charge in [0.2, 0.25) is 0 Å². The normalized spacial score (nSPS) is 12.2. The number of methoxy groups -OCH3 is 1. The first kappa shape index (κ1) is 14.7. The summed E-state index contributed by atoms with van der Waals surface area (Å²) in [5.74, 6) is 0.391. The lowest BCUT2D eigenvalue weighted by Crippen LogP contribution is -2.13. The molecule has 2 rings (SSSR count). The van der Waals surface area contributed by atoms with E-state index < -0.39 is 5.82 Å². The molecule has 0 aliphatic rings. The van der Waals surface area contributed by atoms with E-state index in [-0.39, 0.29) is 11.8 Å². The first-order valence-electron chi connectivity index (χ1n) is 6.10. The van der Waals surface area contributed by atoms with Gasteiger partial charge in [-0.2, -0.15) is 0 Å². The molecule has 1 unspecified atom stereocenters. The number of hydrogen-bond acceptors (Lipinski definition) is 5. The molecule has 1 aromatic carbocycles. The van der Waals surface area contributed by atoms with Crippen molar-refractivity contribution in [1.82, 2.24) is 9.97 Å². The van der Waals surface area contributed by atoms with Crippen molar-refractivity contribution in [1.29, 1.82) is 0 Å². The van der Waals surface area contributed by atoms with Gasteiger partial charge in [0, 0.05) is 24.2 Å². The third-order valence-electron chi connectivity index (χ3n) is 2.75. The van der Waals surface area contributed by atoms with Gasteiger partial charge in [-0.25, -0.2) is 14.4 Å². The predicted molar refractivity (Wildman–Crippen MR) is 77.4 cm³/mol. The minimum Gasteiger partial charge on any atom is -0.494 e. The lowest BCUT2D eigenvalue weighted by atomic mass is 10.1. The van der Waals surface area contributed by atoms with Crippen LogP contribution in [0.5, 0.6) is 5.75 Å². The lowest BCUT2D eigenvalue weighted by Gasteiger charge is -2.12. The Hall–Kier alpha value is -1.66. The van der Waals surface area contributed by atoms with Crippen LogP contribution in [0.2, 0.25) is 0 Å². The number of hydrogen-bond donors (Lipinski definition) is 1. The fourth-order valence-corrected chi connectivity index (χ4v) is 2.40. The zero-order valence-electron chi connectivity index (χ0n) is 11.3. The van der Waals surface area contributed by atoms with Gasteiger partial charge >= 0.3 is 0 Å². The Balaban J connectivity index is 1.99. The van der Waals surface area contributed by atoms with Gasteiger partial charge in [-0.05, 0) is 30.2 Å². The highest BCUT2D eigenvalue weighted by Gasteiger charge is 2.11. The first-order valence-corrected chi connectivity index (χ1v) is 7.09. The Kier molecular flexibility index (Phi) is 4.92. The summed E-state index contributed by atoms with van der Waals surface area (Å²) in [6, 6.07) is 4.46. The van der Waals surface area contributed by atoms with Gasteiger partial charge in [-0.15, -0.1) is 0 Å². The van der Waals surface area contributed by atoms with Crippen LogP contribution in [0.25, 0.3) is 0 Å². The fraction of sp³-hybridized carbons (Fsp3) is 0.286. The Labute approximate surface area is 121 Å². The minimum absolute atomic E-state index is 0.218. The van der Waals surface area contributed by atoms with E-state index in [9.17, 15) is 4.39 Å². The summed E-state index contributed by atoms with van der Waals surface area (Å²) in [5.41, 5.74) is 7.78. The van der Waals surface area contributed by atoms with Crippen LogP contribution in [0, 0.1) is 12.7 Å². The molecule has 2 aromatic rings. The summed E-state index contributed by atoms with van der Waals surface area (Å²) in [6.07, 6.45) is 3.52. The Morgan fingerprint density at radius 3 is 2.65 bits per heavy atom. The maximum absolute atomic E-state index is 13.6. The van der Waals surface area contributed by atoms with Crippen LogP contribution in [-0.4, -0.2) is 22.8 Å². The second kappa shape index (κ2) is 6.67. The van der Waals surface area contributed by atoms with Crippen LogP contribution in [0.4, 0.5) is 4.39 Å². The molecule has 0 aliphatic carbocycles. The smallest absolute Gasteiger partial charge is 0.187 e. The number of aryl methyl sites for hydroxylation is 1. The zero-order valence-corrected chi connectivity index (χ0v) is 12.2. The van der Waals surface area contributed by atoms with E-state index >= 15 is 0 Å². The summed E-state index contributed by atoms with van der Waals surface area (Å²) in [4.78, 5) is 8.38. The standard InChI is InChI=1S/C14H16FN3OS/c1-9-6-17-14(18-7-9)20-8-12(16)10-3-4-13(19-2)11(15)5-10/h3-7,12H,8,16H2,1-2H3. The lowest BCUT2D eigenvalue weighted by molar-refractivity contribution is 0.386. The molecule has 0 aliphatic heterocycles. The van der Waals surface area contributed by atoms with Crippen molar-refractivity contribution in [2.24, 2.45) is 5.73 Å². The maximum Gasteiger partial charge on any atom is 0.187 e. The summed E-state index contributed by atoms with van der Waals surface area (Å²) in [5, 5.41) is 0.667. The molecule has 0 bridgehead atoms. The molecule has 20 heavy (non-hydrogen) atoms. The number of ether oxygens (including phenoxy) is 1. The van der Waals surface area contributed by atoms with Gasteiger partial charge in [0.15, 0.2) is 16.7 Å². The minimum atomic E-state index is -0.406. The Morgan fingerprint density at radius 2 is 2.05 bits per heavy atom. The molecule has 1 heterocycles. The number of thioether (sulfide) groups is 1. The van der Waals surface area contributed by atoms with Gasteiger partial charge in [0.25, 0.3) is 0 Å². The number of benzene rings is 1. The highest BCUT2D eigenvalue weighted by Crippen LogP contribution is 2.24. The number of nitrogens with two attached hydrogens (primary N) is 1. The monoisotopic (exact) mass is 293 g/mol. The zero-order chi connectivity index (χ0) is 14.5. The maximum atomic E-state index is 13.6. The van der Waals surface area contributed by atoms with Gasteiger partial charge in [0.05, 0.1) is 7.11 Å². The molecular weight excluding hydrogens is 277 g/mol. The van der Waals surface area contributed by atoms with Crippen LogP contribution in [0.3, 0.4) is 0 Å². The summed E-state index contributed by atoms with van der Waals surface area (Å²) in [6.45, 7) is 1.93. The second-order valence-electron chi connectivity index (χ2n) is 4.35. The first-order chi connectivity index (χ1) is 9.60. The van der Waals surface area contributed by atoms with Crippen molar-refractivity contribution in [3.05, 3.63) is 47.5 Å². The van der Waals surface area contributed by atoms with Crippen LogP contribution >= 0.6 is 11.8 Å². The quantitative estimate of drug-likeness (QED) is 0.678. The molecule has 0 fully saturated rings. The molecule has 1 aromatic heterocycles. The summed E-state index contributed by atoms with van der Waals surface area (Å²) in [7, 11) is 1.43. The van der Waals surface area contributed by atoms with Crippen molar-refractivity contribution in [3.63, 3.8) is 0 Å². The van der Waals surface area contributed by atoms with Crippen molar-refractivity contribution >= 4 is 11.8 Å². The predicted octanol–water partition coefficient (Wildman–Crippen LogP) is 2.72. The van der Waals surface area contributed by atoms with E-state index in [4.69, 9.17) is 10.5 Å². The largest absolute Gasteiger partial charge is 0.494 e. The van der Waals surface area contributed by atoms with Crippen molar-refractivity contribution in [3.8, 4) is 5.75 Å². The van der Waals surface area contributed by atoms with E-state index in [1.165, 1.54) is 24.9 Å². The Bertz CT molecular complexity index is 577. The third-order valence-corrected chi connectivity index (χ3v) is 3.75. The van der Waals surface area contributed by atoms with Gasteiger partial charge in [-0.1, -0.05) is 17.8 Å². The molecule has 0 amide bonds. The van der Waals surface area contributed by atoms with E-state index in [0.717, 1.165) is 11.1 Å². The number of rotatable bonds is 5. The molecule has 1 atom stereocenters. The third kappa shape index (κ3) is 3.68.